The molecule has 1 aliphatic rings. The van der Waals surface area contributed by atoms with Crippen molar-refractivity contribution in [3.05, 3.63) is 71.9 Å². The fourth-order valence-electron chi connectivity index (χ4n) is 3.52. The molecule has 6 heteroatoms. The van der Waals surface area contributed by atoms with E-state index < -0.39 is 5.41 Å². The van der Waals surface area contributed by atoms with Gasteiger partial charge in [-0.25, -0.2) is 4.68 Å². The van der Waals surface area contributed by atoms with E-state index >= 15 is 0 Å². The summed E-state index contributed by atoms with van der Waals surface area (Å²) in [6, 6.07) is 19.2. The van der Waals surface area contributed by atoms with Crippen molar-refractivity contribution in [3.63, 3.8) is 0 Å². The first-order valence-corrected chi connectivity index (χ1v) is 8.85. The number of nitrogens with two attached hydrogens (primary N) is 1. The maximum atomic E-state index is 13.0. The minimum Gasteiger partial charge on any atom is -0.382 e. The van der Waals surface area contributed by atoms with Gasteiger partial charge in [0.1, 0.15) is 17.5 Å². The first kappa shape index (κ1) is 16.9. The van der Waals surface area contributed by atoms with E-state index in [1.54, 1.807) is 0 Å². The Hall–Kier alpha value is -3.59. The van der Waals surface area contributed by atoms with Gasteiger partial charge in [0.2, 0.25) is 5.91 Å². The van der Waals surface area contributed by atoms with Crippen molar-refractivity contribution in [1.82, 2.24) is 9.78 Å². The molecule has 1 amide bonds. The summed E-state index contributed by atoms with van der Waals surface area (Å²) in [5, 5.41) is 16.2. The zero-order valence-electron chi connectivity index (χ0n) is 14.7. The maximum Gasteiger partial charge on any atom is 0.235 e. The van der Waals surface area contributed by atoms with Crippen molar-refractivity contribution in [1.29, 1.82) is 5.26 Å². The van der Waals surface area contributed by atoms with Crippen molar-refractivity contribution < 1.29 is 4.79 Å². The molecule has 1 heterocycles. The monoisotopic (exact) mass is 357 g/mol. The fraction of sp³-hybridized carbons (Fsp3) is 0.190. The lowest BCUT2D eigenvalue weighted by Crippen LogP contribution is -2.45. The van der Waals surface area contributed by atoms with Gasteiger partial charge in [-0.3, -0.25) is 4.79 Å². The fourth-order valence-corrected chi connectivity index (χ4v) is 3.52. The van der Waals surface area contributed by atoms with Gasteiger partial charge in [0.15, 0.2) is 0 Å². The quantitative estimate of drug-likeness (QED) is 0.748. The number of nitriles is 1. The average molecular weight is 357 g/mol. The summed E-state index contributed by atoms with van der Waals surface area (Å²) in [5.74, 6) is 0.324. The van der Waals surface area contributed by atoms with Crippen molar-refractivity contribution in [2.24, 2.45) is 0 Å². The van der Waals surface area contributed by atoms with E-state index in [0.717, 1.165) is 36.2 Å². The van der Waals surface area contributed by atoms with Crippen LogP contribution >= 0.6 is 0 Å². The van der Waals surface area contributed by atoms with Gasteiger partial charge in [0.05, 0.1) is 17.3 Å². The molecule has 1 fully saturated rings. The predicted molar refractivity (Wildman–Crippen MR) is 103 cm³/mol. The Morgan fingerprint density at radius 2 is 1.85 bits per heavy atom. The van der Waals surface area contributed by atoms with Crippen LogP contribution in [0.3, 0.4) is 0 Å². The molecule has 3 aromatic rings. The second-order valence-corrected chi connectivity index (χ2v) is 6.77. The highest BCUT2D eigenvalue weighted by molar-refractivity contribution is 6.00. The molecule has 1 saturated carbocycles. The lowest BCUT2D eigenvalue weighted by molar-refractivity contribution is -0.124. The summed E-state index contributed by atoms with van der Waals surface area (Å²) in [6.45, 7) is 0. The van der Waals surface area contributed by atoms with Gasteiger partial charge < -0.3 is 11.1 Å². The summed E-state index contributed by atoms with van der Waals surface area (Å²) in [5.41, 5.74) is 8.34. The Bertz CT molecular complexity index is 1010. The summed E-state index contributed by atoms with van der Waals surface area (Å²) in [4.78, 5) is 13.0. The number of amides is 1. The molecule has 6 nitrogen and oxygen atoms in total. The van der Waals surface area contributed by atoms with Gasteiger partial charge in [-0.15, -0.1) is 0 Å². The molecule has 0 saturated heterocycles. The van der Waals surface area contributed by atoms with Gasteiger partial charge in [-0.2, -0.15) is 10.4 Å². The third-order valence-corrected chi connectivity index (χ3v) is 5.26. The molecular weight excluding hydrogens is 338 g/mol. The number of rotatable bonds is 4. The van der Waals surface area contributed by atoms with Gasteiger partial charge in [-0.1, -0.05) is 36.8 Å². The molecule has 0 radical (unpaired) electrons. The second kappa shape index (κ2) is 6.61. The Labute approximate surface area is 157 Å². The molecule has 1 aromatic heterocycles. The van der Waals surface area contributed by atoms with Crippen LogP contribution in [-0.4, -0.2) is 15.7 Å². The Balaban J connectivity index is 1.54. The van der Waals surface area contributed by atoms with Crippen LogP contribution in [0.5, 0.6) is 0 Å². The van der Waals surface area contributed by atoms with Gasteiger partial charge >= 0.3 is 0 Å². The molecule has 27 heavy (non-hydrogen) atoms. The van der Waals surface area contributed by atoms with E-state index in [4.69, 9.17) is 11.0 Å². The number of nitrogen functional groups attached to an aromatic ring is 1. The van der Waals surface area contributed by atoms with Crippen molar-refractivity contribution >= 4 is 17.4 Å². The van der Waals surface area contributed by atoms with Gasteiger partial charge in [0, 0.05) is 5.69 Å². The van der Waals surface area contributed by atoms with Crippen LogP contribution in [0.2, 0.25) is 0 Å². The Kier molecular flexibility index (Phi) is 4.13. The highest BCUT2D eigenvalue weighted by Gasteiger charge is 2.45. The number of carbonyl (C=O) groups is 1. The standard InChI is InChI=1S/C21H19N5O/c22-13-15-14-24-26(19(15)23)18-9-7-17(8-10-18)25-20(27)21(11-4-12-21)16-5-2-1-3-6-16/h1-3,5-10,14H,4,11-12,23H2,(H,25,27). The molecule has 0 spiro atoms. The highest BCUT2D eigenvalue weighted by atomic mass is 16.2. The number of aromatic nitrogens is 2. The lowest BCUT2D eigenvalue weighted by atomic mass is 9.64. The van der Waals surface area contributed by atoms with Crippen molar-refractivity contribution in [2.75, 3.05) is 11.1 Å². The molecule has 0 unspecified atom stereocenters. The Morgan fingerprint density at radius 3 is 2.41 bits per heavy atom. The van der Waals surface area contributed by atoms with Crippen LogP contribution in [0.25, 0.3) is 5.69 Å². The normalized spacial score (nSPS) is 14.8. The first-order chi connectivity index (χ1) is 13.1. The average Bonchev–Trinajstić information content (AvgIpc) is 3.03. The van der Waals surface area contributed by atoms with Crippen LogP contribution in [-0.2, 0) is 10.2 Å². The van der Waals surface area contributed by atoms with Crippen molar-refractivity contribution in [3.8, 4) is 11.8 Å². The molecule has 134 valence electrons. The number of hydrogen-bond acceptors (Lipinski definition) is 4. The van der Waals surface area contributed by atoms with E-state index in [0.29, 0.717) is 11.4 Å². The molecule has 2 aromatic carbocycles. The summed E-state index contributed by atoms with van der Waals surface area (Å²) < 4.78 is 1.50. The lowest BCUT2D eigenvalue weighted by Gasteiger charge is -2.40. The molecule has 4 rings (SSSR count). The third kappa shape index (κ3) is 2.83. The number of nitrogens with one attached hydrogen (secondary N) is 1. The third-order valence-electron chi connectivity index (χ3n) is 5.26. The minimum atomic E-state index is -0.436. The largest absolute Gasteiger partial charge is 0.382 e. The number of nitrogens with zero attached hydrogens (tertiary/aromatic N) is 3. The van der Waals surface area contributed by atoms with E-state index in [1.807, 2.05) is 60.7 Å². The number of anilines is 2. The van der Waals surface area contributed by atoms with Gasteiger partial charge in [-0.05, 0) is 42.7 Å². The summed E-state index contributed by atoms with van der Waals surface area (Å²) in [6.07, 6.45) is 4.22. The highest BCUT2D eigenvalue weighted by Crippen LogP contribution is 2.44. The van der Waals surface area contributed by atoms with Crippen LogP contribution in [0.15, 0.2) is 60.8 Å². The molecule has 0 bridgehead atoms. The smallest absolute Gasteiger partial charge is 0.235 e. The van der Waals surface area contributed by atoms with E-state index in [2.05, 4.69) is 10.4 Å². The van der Waals surface area contributed by atoms with E-state index in [-0.39, 0.29) is 5.91 Å². The maximum absolute atomic E-state index is 13.0. The van der Waals surface area contributed by atoms with Crippen molar-refractivity contribution in [2.45, 2.75) is 24.7 Å². The number of hydrogen-bond donors (Lipinski definition) is 2. The van der Waals surface area contributed by atoms with Crippen LogP contribution in [0.1, 0.15) is 30.4 Å². The molecular formula is C21H19N5O. The van der Waals surface area contributed by atoms with E-state index in [1.165, 1.54) is 10.9 Å². The van der Waals surface area contributed by atoms with Crippen LogP contribution in [0, 0.1) is 11.3 Å². The number of carbonyl (C=O) groups excluding carboxylic acids is 1. The zero-order chi connectivity index (χ0) is 18.9. The predicted octanol–water partition coefficient (Wildman–Crippen LogP) is 3.39. The first-order valence-electron chi connectivity index (χ1n) is 8.85. The zero-order valence-corrected chi connectivity index (χ0v) is 14.7. The molecule has 0 atom stereocenters. The topological polar surface area (TPSA) is 96.7 Å². The summed E-state index contributed by atoms with van der Waals surface area (Å²) in [7, 11) is 0. The minimum absolute atomic E-state index is 0.0260. The Morgan fingerprint density at radius 1 is 1.15 bits per heavy atom. The van der Waals surface area contributed by atoms with E-state index in [9.17, 15) is 4.79 Å². The SMILES string of the molecule is N#Cc1cnn(-c2ccc(NC(=O)C3(c4ccccc4)CCC3)cc2)c1N. The summed E-state index contributed by atoms with van der Waals surface area (Å²) >= 11 is 0. The molecule has 1 aliphatic carbocycles. The van der Waals surface area contributed by atoms with Gasteiger partial charge in [0.25, 0.3) is 0 Å². The molecule has 3 N–H and O–H groups in total. The molecule has 0 aliphatic heterocycles. The van der Waals surface area contributed by atoms with Crippen LogP contribution in [0.4, 0.5) is 11.5 Å². The number of benzene rings is 2. The second-order valence-electron chi connectivity index (χ2n) is 6.77. The van der Waals surface area contributed by atoms with Crippen LogP contribution < -0.4 is 11.1 Å².